The maximum absolute atomic E-state index is 6.76. The van der Waals surface area contributed by atoms with Crippen LogP contribution in [0, 0.1) is 0 Å². The number of hydrogen-bond donors (Lipinski definition) is 0. The minimum atomic E-state index is -0.130. The number of benzene rings is 10. The second-order valence-corrected chi connectivity index (χ2v) is 17.2. The molecule has 10 aromatic carbocycles. The molecule has 0 amide bonds. The fraction of sp³-hybridized carbons (Fsp3) is 0.0508. The summed E-state index contributed by atoms with van der Waals surface area (Å²) in [5, 5.41) is 9.15. The van der Waals surface area contributed by atoms with E-state index in [0.29, 0.717) is 0 Å². The Morgan fingerprint density at radius 1 is 0.339 bits per heavy atom. The monoisotopic (exact) mass is 793 g/mol. The average molecular weight is 794 g/mol. The van der Waals surface area contributed by atoms with E-state index in [2.05, 4.69) is 219 Å². The molecule has 0 fully saturated rings. The number of hydrogen-bond acceptors (Lipinski definition) is 3. The van der Waals surface area contributed by atoms with Gasteiger partial charge >= 0.3 is 0 Å². The van der Waals surface area contributed by atoms with Crippen molar-refractivity contribution >= 4 is 82.5 Å². The molecule has 3 nitrogen and oxygen atoms in total. The minimum Gasteiger partial charge on any atom is -0.455 e. The molecule has 0 radical (unpaired) electrons. The quantitative estimate of drug-likeness (QED) is 0.174. The fourth-order valence-corrected chi connectivity index (χ4v) is 10.4. The van der Waals surface area contributed by atoms with Gasteiger partial charge in [0.2, 0.25) is 0 Å². The molecule has 0 spiro atoms. The number of rotatable bonds is 5. The third kappa shape index (κ3) is 5.00. The van der Waals surface area contributed by atoms with Crippen molar-refractivity contribution in [3.63, 3.8) is 0 Å². The Morgan fingerprint density at radius 3 is 1.34 bits per heavy atom. The fourth-order valence-electron chi connectivity index (χ4n) is 10.4. The van der Waals surface area contributed by atoms with Gasteiger partial charge in [0.25, 0.3) is 0 Å². The van der Waals surface area contributed by atoms with Gasteiger partial charge in [-0.25, -0.2) is 0 Å². The van der Waals surface area contributed by atoms with Crippen LogP contribution in [0.5, 0.6) is 0 Å². The van der Waals surface area contributed by atoms with Gasteiger partial charge in [0.1, 0.15) is 22.3 Å². The first-order valence-electron chi connectivity index (χ1n) is 21.4. The van der Waals surface area contributed by atoms with E-state index in [4.69, 9.17) is 8.83 Å². The summed E-state index contributed by atoms with van der Waals surface area (Å²) in [6, 6.07) is 72.3. The molecule has 12 aromatic rings. The normalized spacial score (nSPS) is 13.1. The Hall–Kier alpha value is -7.88. The Morgan fingerprint density at radius 2 is 0.774 bits per heavy atom. The van der Waals surface area contributed by atoms with Crippen molar-refractivity contribution in [3.05, 3.63) is 211 Å². The highest BCUT2D eigenvalue weighted by Gasteiger charge is 2.37. The van der Waals surface area contributed by atoms with Gasteiger partial charge in [0.05, 0.1) is 5.69 Å². The summed E-state index contributed by atoms with van der Waals surface area (Å²) >= 11 is 0. The molecule has 0 N–H and O–H groups in total. The highest BCUT2D eigenvalue weighted by atomic mass is 16.3. The highest BCUT2D eigenvalue weighted by molar-refractivity contribution is 6.18. The number of para-hydroxylation sites is 2. The Bertz CT molecular complexity index is 3580. The topological polar surface area (TPSA) is 29.5 Å². The van der Waals surface area contributed by atoms with Gasteiger partial charge in [-0.3, -0.25) is 0 Å². The van der Waals surface area contributed by atoms with Crippen LogP contribution in [-0.2, 0) is 5.41 Å². The van der Waals surface area contributed by atoms with Gasteiger partial charge in [-0.1, -0.05) is 172 Å². The molecule has 0 unspecified atom stereocenters. The summed E-state index contributed by atoms with van der Waals surface area (Å²) < 4.78 is 13.5. The molecule has 0 aliphatic heterocycles. The predicted molar refractivity (Wildman–Crippen MR) is 259 cm³/mol. The van der Waals surface area contributed by atoms with E-state index in [1.807, 2.05) is 0 Å². The number of furan rings is 2. The largest absolute Gasteiger partial charge is 0.455 e. The highest BCUT2D eigenvalue weighted by Crippen LogP contribution is 2.54. The van der Waals surface area contributed by atoms with Crippen LogP contribution in [0.2, 0.25) is 0 Å². The van der Waals surface area contributed by atoms with E-state index < -0.39 is 0 Å². The van der Waals surface area contributed by atoms with Gasteiger partial charge in [0.15, 0.2) is 0 Å². The first kappa shape index (κ1) is 34.9. The second kappa shape index (κ2) is 13.1. The van der Waals surface area contributed by atoms with Gasteiger partial charge < -0.3 is 13.7 Å². The van der Waals surface area contributed by atoms with E-state index in [-0.39, 0.29) is 5.41 Å². The third-order valence-corrected chi connectivity index (χ3v) is 13.5. The Labute approximate surface area is 358 Å². The Balaban J connectivity index is 0.959. The summed E-state index contributed by atoms with van der Waals surface area (Å²) in [4.78, 5) is 2.42. The van der Waals surface area contributed by atoms with Crippen LogP contribution >= 0.6 is 0 Å². The maximum atomic E-state index is 6.76. The van der Waals surface area contributed by atoms with E-state index in [1.54, 1.807) is 0 Å². The molecule has 0 bridgehead atoms. The lowest BCUT2D eigenvalue weighted by Crippen LogP contribution is -2.16. The van der Waals surface area contributed by atoms with Crippen LogP contribution in [0.3, 0.4) is 0 Å². The first-order valence-corrected chi connectivity index (χ1v) is 21.4. The van der Waals surface area contributed by atoms with Crippen molar-refractivity contribution in [1.29, 1.82) is 0 Å². The first-order chi connectivity index (χ1) is 30.5. The van der Waals surface area contributed by atoms with Crippen molar-refractivity contribution in [3.8, 4) is 33.4 Å². The minimum absolute atomic E-state index is 0.130. The molecule has 2 aromatic heterocycles. The lowest BCUT2D eigenvalue weighted by Gasteiger charge is -2.29. The number of nitrogens with zero attached hydrogens (tertiary/aromatic N) is 1. The lowest BCUT2D eigenvalue weighted by atomic mass is 9.82. The standard InChI is InChI=1S/C59H39NO2/c1-59(2)51-21-8-7-16-50(51)54-52(59)22-11-23-53(54)60(40-30-24-38(25-31-40)44-17-9-19-46-48-34-28-36-12-3-5-14-42(36)57(48)61-55(44)46)41-32-26-39(27-33-41)45-18-10-20-47-49-35-29-37-13-4-6-15-43(37)58(49)62-56(45)47/h3-35H,1-2H3. The number of anilines is 3. The maximum Gasteiger partial charge on any atom is 0.143 e. The third-order valence-electron chi connectivity index (χ3n) is 13.5. The molecule has 2 heterocycles. The van der Waals surface area contributed by atoms with Crippen molar-refractivity contribution in [2.24, 2.45) is 0 Å². The predicted octanol–water partition coefficient (Wildman–Crippen LogP) is 16.9. The lowest BCUT2D eigenvalue weighted by molar-refractivity contribution is 0.660. The van der Waals surface area contributed by atoms with E-state index >= 15 is 0 Å². The molecular weight excluding hydrogens is 755 g/mol. The smallest absolute Gasteiger partial charge is 0.143 e. The van der Waals surface area contributed by atoms with Crippen molar-refractivity contribution in [2.45, 2.75) is 19.3 Å². The molecule has 1 aliphatic carbocycles. The molecule has 3 heteroatoms. The molecule has 0 saturated carbocycles. The summed E-state index contributed by atoms with van der Waals surface area (Å²) in [6.07, 6.45) is 0. The molecule has 1 aliphatic rings. The van der Waals surface area contributed by atoms with E-state index in [1.165, 1.54) is 33.0 Å². The van der Waals surface area contributed by atoms with Gasteiger partial charge in [0, 0.05) is 65.8 Å². The van der Waals surface area contributed by atoms with Crippen LogP contribution in [-0.4, -0.2) is 0 Å². The molecule has 292 valence electrons. The van der Waals surface area contributed by atoms with E-state index in [0.717, 1.165) is 94.0 Å². The van der Waals surface area contributed by atoms with Crippen molar-refractivity contribution in [2.75, 3.05) is 4.90 Å². The van der Waals surface area contributed by atoms with Crippen LogP contribution in [0.15, 0.2) is 209 Å². The molecular formula is C59H39NO2. The zero-order valence-electron chi connectivity index (χ0n) is 34.3. The van der Waals surface area contributed by atoms with Crippen LogP contribution in [0.25, 0.3) is 98.8 Å². The van der Waals surface area contributed by atoms with Crippen molar-refractivity contribution in [1.82, 2.24) is 0 Å². The molecule has 0 atom stereocenters. The van der Waals surface area contributed by atoms with Gasteiger partial charge in [-0.05, 0) is 81.1 Å². The van der Waals surface area contributed by atoms with Crippen LogP contribution < -0.4 is 4.90 Å². The Kier molecular flexibility index (Phi) is 7.36. The molecule has 62 heavy (non-hydrogen) atoms. The van der Waals surface area contributed by atoms with Crippen LogP contribution in [0.4, 0.5) is 17.1 Å². The SMILES string of the molecule is CC1(C)c2ccccc2-c2c(N(c3ccc(-c4cccc5c4oc4c6ccccc6ccc54)cc3)c3ccc(-c4cccc5c4oc4c6ccccc6ccc54)cc3)cccc21. The van der Waals surface area contributed by atoms with Gasteiger partial charge in [-0.15, -0.1) is 0 Å². The van der Waals surface area contributed by atoms with E-state index in [9.17, 15) is 0 Å². The summed E-state index contributed by atoms with van der Waals surface area (Å²) in [5.74, 6) is 0. The van der Waals surface area contributed by atoms with Crippen molar-refractivity contribution < 1.29 is 8.83 Å². The summed E-state index contributed by atoms with van der Waals surface area (Å²) in [6.45, 7) is 4.69. The second-order valence-electron chi connectivity index (χ2n) is 17.2. The molecule has 13 rings (SSSR count). The summed E-state index contributed by atoms with van der Waals surface area (Å²) in [7, 11) is 0. The zero-order chi connectivity index (χ0) is 41.1. The molecule has 0 saturated heterocycles. The summed E-state index contributed by atoms with van der Waals surface area (Å²) in [5.41, 5.74) is 16.5. The van der Waals surface area contributed by atoms with Crippen LogP contribution in [0.1, 0.15) is 25.0 Å². The van der Waals surface area contributed by atoms with Gasteiger partial charge in [-0.2, -0.15) is 0 Å². The zero-order valence-corrected chi connectivity index (χ0v) is 34.3. The number of fused-ring (bicyclic) bond motifs is 13. The average Bonchev–Trinajstić information content (AvgIpc) is 3.98.